The maximum atomic E-state index is 14.1. The van der Waals surface area contributed by atoms with E-state index >= 15 is 0 Å². The molecule has 0 fully saturated rings. The summed E-state index contributed by atoms with van der Waals surface area (Å²) >= 11 is 3.47. The highest BCUT2D eigenvalue weighted by Crippen LogP contribution is 2.19. The van der Waals surface area contributed by atoms with Crippen molar-refractivity contribution >= 4 is 27.7 Å². The fourth-order valence-corrected chi connectivity index (χ4v) is 4.04. The van der Waals surface area contributed by atoms with Gasteiger partial charge in [-0.3, -0.25) is 9.59 Å². The zero-order chi connectivity index (χ0) is 25.2. The van der Waals surface area contributed by atoms with Crippen LogP contribution in [0.4, 0.5) is 4.39 Å². The summed E-state index contributed by atoms with van der Waals surface area (Å²) in [5, 5.41) is 2.97. The van der Waals surface area contributed by atoms with Gasteiger partial charge in [0.05, 0.1) is 0 Å². The molecule has 0 spiro atoms. The van der Waals surface area contributed by atoms with Gasteiger partial charge in [-0.15, -0.1) is 0 Å². The number of carbonyl (C=O) groups excluding carboxylic acids is 2. The minimum Gasteiger partial charge on any atom is -0.481 e. The first-order chi connectivity index (χ1) is 16.8. The first-order valence-corrected chi connectivity index (χ1v) is 12.4. The van der Waals surface area contributed by atoms with Crippen LogP contribution in [-0.2, 0) is 22.6 Å². The van der Waals surface area contributed by atoms with Crippen LogP contribution in [0, 0.1) is 11.7 Å². The molecule has 3 aromatic rings. The number of halogens is 2. The zero-order valence-electron chi connectivity index (χ0n) is 19.9. The smallest absolute Gasteiger partial charge is 0.261 e. The molecular weight excluding hydrogens is 511 g/mol. The van der Waals surface area contributed by atoms with E-state index in [0.29, 0.717) is 13.0 Å². The van der Waals surface area contributed by atoms with Gasteiger partial charge in [0.1, 0.15) is 6.04 Å². The van der Waals surface area contributed by atoms with Crippen LogP contribution in [0.25, 0.3) is 0 Å². The van der Waals surface area contributed by atoms with E-state index in [1.807, 2.05) is 68.4 Å². The molecule has 0 aromatic heterocycles. The van der Waals surface area contributed by atoms with Crippen molar-refractivity contribution in [2.75, 3.05) is 13.2 Å². The van der Waals surface area contributed by atoms with Gasteiger partial charge in [-0.25, -0.2) is 4.39 Å². The Bertz CT molecular complexity index is 1120. The molecule has 2 amide bonds. The third kappa shape index (κ3) is 8.21. The van der Waals surface area contributed by atoms with E-state index < -0.39 is 24.4 Å². The Morgan fingerprint density at radius 2 is 1.66 bits per heavy atom. The number of amides is 2. The number of hydrogen-bond donors (Lipinski definition) is 1. The Kier molecular flexibility index (Phi) is 9.85. The second-order valence-electron chi connectivity index (χ2n) is 8.72. The summed E-state index contributed by atoms with van der Waals surface area (Å²) in [6, 6.07) is 22.3. The summed E-state index contributed by atoms with van der Waals surface area (Å²) in [5.41, 5.74) is 1.78. The number of para-hydroxylation sites is 1. The van der Waals surface area contributed by atoms with E-state index in [-0.39, 0.29) is 24.1 Å². The molecule has 0 heterocycles. The third-order valence-electron chi connectivity index (χ3n) is 5.39. The minimum atomic E-state index is -0.771. The summed E-state index contributed by atoms with van der Waals surface area (Å²) in [6.07, 6.45) is 0.338. The first-order valence-electron chi connectivity index (χ1n) is 11.6. The summed E-state index contributed by atoms with van der Waals surface area (Å²) in [7, 11) is 0. The van der Waals surface area contributed by atoms with Crippen LogP contribution >= 0.6 is 15.9 Å². The molecular formula is C28H30BrFN2O3. The van der Waals surface area contributed by atoms with Crippen molar-refractivity contribution < 1.29 is 18.7 Å². The topological polar surface area (TPSA) is 58.6 Å². The average molecular weight is 541 g/mol. The highest BCUT2D eigenvalue weighted by Gasteiger charge is 2.31. The number of nitrogens with one attached hydrogen (secondary N) is 1. The normalized spacial score (nSPS) is 11.7. The molecule has 0 radical (unpaired) electrons. The van der Waals surface area contributed by atoms with Crippen LogP contribution in [0.15, 0.2) is 83.3 Å². The van der Waals surface area contributed by atoms with E-state index in [9.17, 15) is 14.0 Å². The lowest BCUT2D eigenvalue weighted by atomic mass is 10.0. The van der Waals surface area contributed by atoms with E-state index in [0.717, 1.165) is 15.6 Å². The number of carbonyl (C=O) groups is 2. The molecule has 7 heteroatoms. The molecule has 0 bridgehead atoms. The van der Waals surface area contributed by atoms with Crippen molar-refractivity contribution in [2.45, 2.75) is 32.9 Å². The van der Waals surface area contributed by atoms with Crippen LogP contribution in [0.5, 0.6) is 5.75 Å². The molecule has 1 N–H and O–H groups in total. The Labute approximate surface area is 214 Å². The van der Waals surface area contributed by atoms with Gasteiger partial charge in [0.2, 0.25) is 5.91 Å². The summed E-state index contributed by atoms with van der Waals surface area (Å²) in [4.78, 5) is 28.4. The number of rotatable bonds is 11. The van der Waals surface area contributed by atoms with Gasteiger partial charge in [-0.1, -0.05) is 84.4 Å². The average Bonchev–Trinajstić information content (AvgIpc) is 2.84. The molecule has 0 aliphatic heterocycles. The van der Waals surface area contributed by atoms with Gasteiger partial charge in [0, 0.05) is 24.0 Å². The van der Waals surface area contributed by atoms with Crippen LogP contribution in [0.1, 0.15) is 25.0 Å². The first kappa shape index (κ1) is 26.4. The molecule has 0 aliphatic carbocycles. The maximum Gasteiger partial charge on any atom is 0.261 e. The lowest BCUT2D eigenvalue weighted by molar-refractivity contribution is -0.142. The van der Waals surface area contributed by atoms with Gasteiger partial charge < -0.3 is 15.0 Å². The standard InChI is InChI=1S/C28H30BrFN2O3/c1-20(2)17-31-28(34)25(16-21-9-4-3-5-10-21)32(18-22-11-8-12-23(29)15-22)27(33)19-35-26-14-7-6-13-24(26)30/h3-15,20,25H,16-19H2,1-2H3,(H,31,34). The highest BCUT2D eigenvalue weighted by molar-refractivity contribution is 9.10. The van der Waals surface area contributed by atoms with Crippen molar-refractivity contribution in [2.24, 2.45) is 5.92 Å². The lowest BCUT2D eigenvalue weighted by Gasteiger charge is -2.31. The van der Waals surface area contributed by atoms with Crippen molar-refractivity contribution in [3.05, 3.63) is 100 Å². The Balaban J connectivity index is 1.91. The van der Waals surface area contributed by atoms with Crippen molar-refractivity contribution in [3.63, 3.8) is 0 Å². The van der Waals surface area contributed by atoms with Gasteiger partial charge in [0.15, 0.2) is 18.2 Å². The van der Waals surface area contributed by atoms with Crippen LogP contribution in [0.2, 0.25) is 0 Å². The van der Waals surface area contributed by atoms with Gasteiger partial charge in [0.25, 0.3) is 5.91 Å². The molecule has 184 valence electrons. The van der Waals surface area contributed by atoms with Crippen LogP contribution < -0.4 is 10.1 Å². The predicted molar refractivity (Wildman–Crippen MR) is 138 cm³/mol. The van der Waals surface area contributed by atoms with Gasteiger partial charge >= 0.3 is 0 Å². The quantitative estimate of drug-likeness (QED) is 0.355. The van der Waals surface area contributed by atoms with Gasteiger partial charge in [-0.05, 0) is 41.3 Å². The van der Waals surface area contributed by atoms with E-state index in [2.05, 4.69) is 21.2 Å². The predicted octanol–water partition coefficient (Wildman–Crippen LogP) is 5.38. The number of hydrogen-bond acceptors (Lipinski definition) is 3. The molecule has 1 atom stereocenters. The number of ether oxygens (including phenoxy) is 1. The zero-order valence-corrected chi connectivity index (χ0v) is 21.5. The lowest BCUT2D eigenvalue weighted by Crippen LogP contribution is -2.52. The molecule has 35 heavy (non-hydrogen) atoms. The number of nitrogens with zero attached hydrogens (tertiary/aromatic N) is 1. The van der Waals surface area contributed by atoms with Crippen LogP contribution in [0.3, 0.4) is 0 Å². The Morgan fingerprint density at radius 1 is 0.971 bits per heavy atom. The van der Waals surface area contributed by atoms with Gasteiger partial charge in [-0.2, -0.15) is 0 Å². The van der Waals surface area contributed by atoms with E-state index in [4.69, 9.17) is 4.74 Å². The van der Waals surface area contributed by atoms with E-state index in [1.54, 1.807) is 12.1 Å². The SMILES string of the molecule is CC(C)CNC(=O)C(Cc1ccccc1)N(Cc1cccc(Br)c1)C(=O)COc1ccccc1F. The monoisotopic (exact) mass is 540 g/mol. The second-order valence-corrected chi connectivity index (χ2v) is 9.63. The summed E-state index contributed by atoms with van der Waals surface area (Å²) < 4.78 is 20.4. The fraction of sp³-hybridized carbons (Fsp3) is 0.286. The molecule has 0 saturated heterocycles. The molecule has 0 saturated carbocycles. The maximum absolute atomic E-state index is 14.1. The van der Waals surface area contributed by atoms with Crippen molar-refractivity contribution in [1.82, 2.24) is 10.2 Å². The molecule has 3 aromatic carbocycles. The minimum absolute atomic E-state index is 0.00729. The van der Waals surface area contributed by atoms with Crippen molar-refractivity contribution in [1.29, 1.82) is 0 Å². The largest absolute Gasteiger partial charge is 0.481 e. The Morgan fingerprint density at radius 3 is 2.34 bits per heavy atom. The second kappa shape index (κ2) is 13.0. The number of benzene rings is 3. The summed E-state index contributed by atoms with van der Waals surface area (Å²) in [6.45, 7) is 4.33. The van der Waals surface area contributed by atoms with Crippen molar-refractivity contribution in [3.8, 4) is 5.75 Å². The highest BCUT2D eigenvalue weighted by atomic mass is 79.9. The van der Waals surface area contributed by atoms with E-state index in [1.165, 1.54) is 17.0 Å². The molecule has 5 nitrogen and oxygen atoms in total. The summed E-state index contributed by atoms with van der Waals surface area (Å²) in [5.74, 6) is -0.943. The molecule has 1 unspecified atom stereocenters. The fourth-order valence-electron chi connectivity index (χ4n) is 3.59. The van der Waals surface area contributed by atoms with Crippen LogP contribution in [-0.4, -0.2) is 35.9 Å². The Hall–Kier alpha value is -3.19. The molecule has 0 aliphatic rings. The molecule has 3 rings (SSSR count). The third-order valence-corrected chi connectivity index (χ3v) is 5.88.